The van der Waals surface area contributed by atoms with E-state index in [1.807, 2.05) is 18.2 Å². The van der Waals surface area contributed by atoms with Crippen LogP contribution in [0.15, 0.2) is 24.3 Å². The number of halogens is 1. The van der Waals surface area contributed by atoms with E-state index in [1.165, 1.54) is 11.1 Å². The van der Waals surface area contributed by atoms with E-state index < -0.39 is 0 Å². The highest BCUT2D eigenvalue weighted by molar-refractivity contribution is 5.60. The molecule has 0 N–H and O–H groups in total. The Morgan fingerprint density at radius 1 is 0.926 bits per heavy atom. The molecule has 2 aromatic rings. The van der Waals surface area contributed by atoms with E-state index in [2.05, 4.69) is 20.2 Å². The Bertz CT molecular complexity index is 866. The Balaban J connectivity index is 0.00000210. The van der Waals surface area contributed by atoms with Crippen LogP contribution in [0.25, 0.3) is 0 Å². The molecule has 27 heavy (non-hydrogen) atoms. The van der Waals surface area contributed by atoms with E-state index in [0.717, 1.165) is 52.4 Å². The van der Waals surface area contributed by atoms with Crippen molar-refractivity contribution in [1.82, 2.24) is 0 Å². The van der Waals surface area contributed by atoms with Crippen LogP contribution in [0.1, 0.15) is 22.7 Å². The minimum absolute atomic E-state index is 0. The lowest BCUT2D eigenvalue weighted by Crippen LogP contribution is -3.00. The average molecular weight is 483 g/mol. The van der Waals surface area contributed by atoms with Gasteiger partial charge in [-0.25, -0.2) is 0 Å². The second-order valence-electron chi connectivity index (χ2n) is 7.56. The number of hydrogen-bond donors (Lipinski definition) is 0. The molecule has 1 atom stereocenters. The fourth-order valence-electron chi connectivity index (χ4n) is 4.21. The van der Waals surface area contributed by atoms with Crippen LogP contribution < -0.4 is 42.9 Å². The van der Waals surface area contributed by atoms with Gasteiger partial charge in [0.1, 0.15) is 11.8 Å². The Hall–Kier alpha value is -1.67. The minimum Gasteiger partial charge on any atom is -1.00 e. The highest BCUT2D eigenvalue weighted by atomic mass is 127. The van der Waals surface area contributed by atoms with Crippen LogP contribution in [0.4, 0.5) is 0 Å². The van der Waals surface area contributed by atoms with Crippen LogP contribution in [-0.4, -0.2) is 46.5 Å². The van der Waals surface area contributed by atoms with Crippen molar-refractivity contribution >= 4 is 0 Å². The van der Waals surface area contributed by atoms with Gasteiger partial charge in [0, 0.05) is 24.5 Å². The Labute approximate surface area is 177 Å². The summed E-state index contributed by atoms with van der Waals surface area (Å²) in [6, 6.07) is 8.47. The van der Waals surface area contributed by atoms with Gasteiger partial charge < -0.3 is 47.4 Å². The van der Waals surface area contributed by atoms with E-state index in [1.54, 1.807) is 21.3 Å². The zero-order chi connectivity index (χ0) is 18.5. The van der Waals surface area contributed by atoms with Crippen molar-refractivity contribution in [2.24, 2.45) is 0 Å². The quantitative estimate of drug-likeness (QED) is 0.477. The van der Waals surface area contributed by atoms with Crippen molar-refractivity contribution in [1.29, 1.82) is 0 Å². The number of rotatable bonds is 3. The molecule has 2 heterocycles. The monoisotopic (exact) mass is 483 g/mol. The van der Waals surface area contributed by atoms with Crippen LogP contribution in [0.2, 0.25) is 0 Å². The van der Waals surface area contributed by atoms with Crippen LogP contribution in [-0.2, 0) is 12.8 Å². The molecule has 0 radical (unpaired) electrons. The number of fused-ring (bicyclic) bond motifs is 1. The molecule has 1 unspecified atom stereocenters. The SMILES string of the molecule is COc1cc2c(cc1OC)Oc1c(OC)ccc3c1C(C2)[N+](C)(C)CC3.[I-]. The molecular formula is C21H26INO4. The van der Waals surface area contributed by atoms with E-state index >= 15 is 0 Å². The number of hydrogen-bond acceptors (Lipinski definition) is 4. The number of quaternary nitrogens is 1. The Morgan fingerprint density at radius 3 is 2.26 bits per heavy atom. The van der Waals surface area contributed by atoms with Gasteiger partial charge in [-0.1, -0.05) is 6.07 Å². The zero-order valence-electron chi connectivity index (χ0n) is 16.5. The molecule has 2 aromatic carbocycles. The molecule has 146 valence electrons. The first kappa shape index (κ1) is 20.1. The maximum absolute atomic E-state index is 6.44. The average Bonchev–Trinajstić information content (AvgIpc) is 2.81. The molecule has 0 spiro atoms. The first-order valence-corrected chi connectivity index (χ1v) is 8.93. The third-order valence-corrected chi connectivity index (χ3v) is 5.80. The summed E-state index contributed by atoms with van der Waals surface area (Å²) < 4.78 is 24.0. The molecule has 6 heteroatoms. The summed E-state index contributed by atoms with van der Waals surface area (Å²) in [5, 5.41) is 0. The van der Waals surface area contributed by atoms with Crippen molar-refractivity contribution in [3.8, 4) is 28.7 Å². The summed E-state index contributed by atoms with van der Waals surface area (Å²) in [6.07, 6.45) is 1.93. The van der Waals surface area contributed by atoms with E-state index in [-0.39, 0.29) is 24.0 Å². The van der Waals surface area contributed by atoms with Crippen LogP contribution >= 0.6 is 0 Å². The summed E-state index contributed by atoms with van der Waals surface area (Å²) in [5.41, 5.74) is 3.76. The zero-order valence-corrected chi connectivity index (χ0v) is 18.6. The molecule has 4 rings (SSSR count). The summed E-state index contributed by atoms with van der Waals surface area (Å²) in [5.74, 6) is 3.83. The van der Waals surface area contributed by atoms with E-state index in [0.29, 0.717) is 11.8 Å². The van der Waals surface area contributed by atoms with E-state index in [4.69, 9.17) is 18.9 Å². The molecule has 0 saturated heterocycles. The summed E-state index contributed by atoms with van der Waals surface area (Å²) in [7, 11) is 9.59. The molecule has 0 aliphatic carbocycles. The predicted octanol–water partition coefficient (Wildman–Crippen LogP) is 0.738. The van der Waals surface area contributed by atoms with Gasteiger partial charge in [-0.2, -0.15) is 0 Å². The van der Waals surface area contributed by atoms with Crippen molar-refractivity contribution in [2.75, 3.05) is 42.0 Å². The van der Waals surface area contributed by atoms with Gasteiger partial charge in [0.15, 0.2) is 23.0 Å². The second-order valence-corrected chi connectivity index (χ2v) is 7.56. The smallest absolute Gasteiger partial charge is 0.178 e. The number of methoxy groups -OCH3 is 3. The molecular weight excluding hydrogens is 457 g/mol. The van der Waals surface area contributed by atoms with Crippen molar-refractivity contribution in [3.05, 3.63) is 41.0 Å². The standard InChI is InChI=1S/C21H26NO4.HI/c1-22(2)9-8-13-6-7-16(23-3)21-20(13)15(22)10-14-11-18(24-4)19(25-5)12-17(14)26-21;/h6-7,11-12,15H,8-10H2,1-5H3;1H/q+1;/p-1. The molecule has 0 saturated carbocycles. The molecule has 2 aliphatic rings. The van der Waals surface area contributed by atoms with Crippen molar-refractivity contribution in [2.45, 2.75) is 18.9 Å². The molecule has 0 amide bonds. The first-order valence-electron chi connectivity index (χ1n) is 8.93. The minimum atomic E-state index is 0. The molecule has 0 bridgehead atoms. The topological polar surface area (TPSA) is 36.9 Å². The fourth-order valence-corrected chi connectivity index (χ4v) is 4.21. The maximum Gasteiger partial charge on any atom is 0.178 e. The van der Waals surface area contributed by atoms with Crippen molar-refractivity contribution in [3.63, 3.8) is 0 Å². The van der Waals surface area contributed by atoms with Gasteiger partial charge in [0.2, 0.25) is 0 Å². The third-order valence-electron chi connectivity index (χ3n) is 5.80. The Kier molecular flexibility index (Phi) is 5.49. The van der Waals surface area contributed by atoms with Gasteiger partial charge >= 0.3 is 0 Å². The van der Waals surface area contributed by atoms with Gasteiger partial charge in [-0.3, -0.25) is 0 Å². The predicted molar refractivity (Wildman–Crippen MR) is 99.7 cm³/mol. The van der Waals surface area contributed by atoms with Gasteiger partial charge in [0.05, 0.1) is 47.5 Å². The summed E-state index contributed by atoms with van der Waals surface area (Å²) in [6.45, 7) is 1.10. The lowest BCUT2D eigenvalue weighted by atomic mass is 9.87. The largest absolute Gasteiger partial charge is 1.00 e. The third kappa shape index (κ3) is 3.23. The normalized spacial score (nSPS) is 18.8. The molecule has 5 nitrogen and oxygen atoms in total. The summed E-state index contributed by atoms with van der Waals surface area (Å²) >= 11 is 0. The number of ether oxygens (including phenoxy) is 4. The number of likely N-dealkylation sites (N-methyl/N-ethyl adjacent to an activating group) is 1. The lowest BCUT2D eigenvalue weighted by molar-refractivity contribution is -0.923. The van der Waals surface area contributed by atoms with Crippen LogP contribution in [0.5, 0.6) is 28.7 Å². The second kappa shape index (κ2) is 7.39. The number of nitrogens with zero attached hydrogens (tertiary/aromatic N) is 1. The van der Waals surface area contributed by atoms with E-state index in [9.17, 15) is 0 Å². The first-order chi connectivity index (χ1) is 12.5. The summed E-state index contributed by atoms with van der Waals surface area (Å²) in [4.78, 5) is 0. The lowest BCUT2D eigenvalue weighted by Gasteiger charge is -2.42. The van der Waals surface area contributed by atoms with Crippen LogP contribution in [0.3, 0.4) is 0 Å². The van der Waals surface area contributed by atoms with Gasteiger partial charge in [-0.15, -0.1) is 0 Å². The van der Waals surface area contributed by atoms with Gasteiger partial charge in [0.25, 0.3) is 0 Å². The maximum atomic E-state index is 6.44. The fraction of sp³-hybridized carbons (Fsp3) is 0.429. The highest BCUT2D eigenvalue weighted by Gasteiger charge is 2.41. The van der Waals surface area contributed by atoms with Crippen molar-refractivity contribution < 1.29 is 47.4 Å². The van der Waals surface area contributed by atoms with Crippen LogP contribution in [0, 0.1) is 0 Å². The highest BCUT2D eigenvalue weighted by Crippen LogP contribution is 2.51. The number of benzene rings is 2. The Morgan fingerprint density at radius 2 is 1.59 bits per heavy atom. The molecule has 0 fully saturated rings. The molecule has 2 aliphatic heterocycles. The molecule has 0 aromatic heterocycles. The van der Waals surface area contributed by atoms with Gasteiger partial charge in [-0.05, 0) is 17.7 Å².